The predicted octanol–water partition coefficient (Wildman–Crippen LogP) is 3.04. The van der Waals surface area contributed by atoms with Crippen LogP contribution in [0.5, 0.6) is 0 Å². The van der Waals surface area contributed by atoms with Crippen LogP contribution in [0.3, 0.4) is 0 Å². The highest BCUT2D eigenvalue weighted by Crippen LogP contribution is 2.22. The molecule has 2 N–H and O–H groups in total. The van der Waals surface area contributed by atoms with E-state index in [0.717, 1.165) is 32.5 Å². The average Bonchev–Trinajstić information content (AvgIpc) is 2.78. The van der Waals surface area contributed by atoms with Gasteiger partial charge in [-0.2, -0.15) is 0 Å². The summed E-state index contributed by atoms with van der Waals surface area (Å²) in [5.74, 6) is 0.129. The Morgan fingerprint density at radius 3 is 2.31 bits per heavy atom. The molecule has 0 aromatic heterocycles. The fourth-order valence-corrected chi connectivity index (χ4v) is 3.52. The second-order valence-corrected chi connectivity index (χ2v) is 7.41. The van der Waals surface area contributed by atoms with Crippen molar-refractivity contribution in [1.82, 2.24) is 15.5 Å². The second-order valence-electron chi connectivity index (χ2n) is 7.41. The van der Waals surface area contributed by atoms with E-state index in [1.54, 1.807) is 0 Å². The first-order valence-corrected chi connectivity index (χ1v) is 10.1. The van der Waals surface area contributed by atoms with E-state index >= 15 is 0 Å². The maximum absolute atomic E-state index is 11.6. The number of hydrogen-bond acceptors (Lipinski definition) is 4. The van der Waals surface area contributed by atoms with E-state index in [4.69, 9.17) is 4.74 Å². The highest BCUT2D eigenvalue weighted by molar-refractivity contribution is 5.79. The molecule has 1 heterocycles. The summed E-state index contributed by atoms with van der Waals surface area (Å²) in [5.41, 5.74) is 3.79. The van der Waals surface area contributed by atoms with Crippen LogP contribution >= 0.6 is 0 Å². The van der Waals surface area contributed by atoms with Crippen LogP contribution in [0, 0.1) is 5.92 Å². The Hall–Kier alpha value is -2.86. The van der Waals surface area contributed by atoms with Gasteiger partial charge in [0.05, 0.1) is 0 Å². The van der Waals surface area contributed by atoms with Gasteiger partial charge in [-0.05, 0) is 48.5 Å². The zero-order valence-corrected chi connectivity index (χ0v) is 16.9. The molecule has 1 aliphatic heterocycles. The SMILES string of the molecule is CNC(=O)COC(=O)NCC1CCN(Cc2ccc(-c3ccccc3)cc2)CC1. The lowest BCUT2D eigenvalue weighted by Crippen LogP contribution is -2.39. The Balaban J connectivity index is 1.37. The minimum atomic E-state index is -0.533. The van der Waals surface area contributed by atoms with E-state index in [2.05, 4.69) is 64.1 Å². The highest BCUT2D eigenvalue weighted by Gasteiger charge is 2.20. The van der Waals surface area contributed by atoms with Gasteiger partial charge < -0.3 is 15.4 Å². The summed E-state index contributed by atoms with van der Waals surface area (Å²) in [6.07, 6.45) is 1.55. The van der Waals surface area contributed by atoms with Crippen molar-refractivity contribution in [3.05, 3.63) is 60.2 Å². The normalized spacial score (nSPS) is 14.9. The minimum Gasteiger partial charge on any atom is -0.439 e. The van der Waals surface area contributed by atoms with E-state index in [-0.39, 0.29) is 12.5 Å². The van der Waals surface area contributed by atoms with Crippen LogP contribution in [0.15, 0.2) is 54.6 Å². The zero-order valence-electron chi connectivity index (χ0n) is 16.9. The number of hydrogen-bond donors (Lipinski definition) is 2. The van der Waals surface area contributed by atoms with Crippen LogP contribution in [-0.2, 0) is 16.1 Å². The fraction of sp³-hybridized carbons (Fsp3) is 0.391. The Labute approximate surface area is 172 Å². The van der Waals surface area contributed by atoms with Crippen molar-refractivity contribution < 1.29 is 14.3 Å². The molecule has 6 nitrogen and oxygen atoms in total. The van der Waals surface area contributed by atoms with E-state index in [1.807, 2.05) is 6.07 Å². The highest BCUT2D eigenvalue weighted by atomic mass is 16.6. The van der Waals surface area contributed by atoms with Crippen molar-refractivity contribution >= 4 is 12.0 Å². The maximum Gasteiger partial charge on any atom is 0.407 e. The third-order valence-corrected chi connectivity index (χ3v) is 5.32. The molecule has 1 fully saturated rings. The minimum absolute atomic E-state index is 0.246. The van der Waals surface area contributed by atoms with Crippen LogP contribution in [0.4, 0.5) is 4.79 Å². The third kappa shape index (κ3) is 6.61. The fourth-order valence-electron chi connectivity index (χ4n) is 3.52. The van der Waals surface area contributed by atoms with E-state index < -0.39 is 6.09 Å². The van der Waals surface area contributed by atoms with Gasteiger partial charge in [-0.3, -0.25) is 9.69 Å². The van der Waals surface area contributed by atoms with Gasteiger partial charge in [0.25, 0.3) is 5.91 Å². The molecular weight excluding hydrogens is 366 g/mol. The number of carbonyl (C=O) groups excluding carboxylic acids is 2. The first-order valence-electron chi connectivity index (χ1n) is 10.1. The molecule has 1 saturated heterocycles. The number of nitrogens with zero attached hydrogens (tertiary/aromatic N) is 1. The Morgan fingerprint density at radius 1 is 1.00 bits per heavy atom. The molecule has 154 valence electrons. The number of ether oxygens (including phenoxy) is 1. The summed E-state index contributed by atoms with van der Waals surface area (Å²) < 4.78 is 4.85. The molecule has 2 aromatic carbocycles. The number of alkyl carbamates (subject to hydrolysis) is 1. The van der Waals surface area contributed by atoms with Crippen LogP contribution in [0.1, 0.15) is 18.4 Å². The topological polar surface area (TPSA) is 70.7 Å². The smallest absolute Gasteiger partial charge is 0.407 e. The lowest BCUT2D eigenvalue weighted by Gasteiger charge is -2.32. The molecule has 2 aromatic rings. The molecule has 0 atom stereocenters. The number of carbonyl (C=O) groups is 2. The molecule has 2 amide bonds. The van der Waals surface area contributed by atoms with Gasteiger partial charge in [0.2, 0.25) is 0 Å². The van der Waals surface area contributed by atoms with Crippen molar-refractivity contribution in [1.29, 1.82) is 0 Å². The number of benzene rings is 2. The Kier molecular flexibility index (Phi) is 7.64. The van der Waals surface area contributed by atoms with Crippen LogP contribution in [0.25, 0.3) is 11.1 Å². The van der Waals surface area contributed by atoms with E-state index in [1.165, 1.54) is 23.7 Å². The molecule has 0 unspecified atom stereocenters. The van der Waals surface area contributed by atoms with Gasteiger partial charge in [0, 0.05) is 20.1 Å². The van der Waals surface area contributed by atoms with Crippen molar-refractivity contribution in [3.63, 3.8) is 0 Å². The van der Waals surface area contributed by atoms with Crippen LogP contribution < -0.4 is 10.6 Å². The molecule has 1 aliphatic rings. The summed E-state index contributed by atoms with van der Waals surface area (Å²) in [6.45, 7) is 3.32. The molecular formula is C23H29N3O3. The molecule has 0 radical (unpaired) electrons. The molecule has 0 aliphatic carbocycles. The molecule has 29 heavy (non-hydrogen) atoms. The second kappa shape index (κ2) is 10.6. The van der Waals surface area contributed by atoms with Gasteiger partial charge in [-0.25, -0.2) is 4.79 Å². The summed E-state index contributed by atoms with van der Waals surface area (Å²) in [5, 5.41) is 5.17. The molecule has 0 bridgehead atoms. The molecule has 3 rings (SSSR count). The summed E-state index contributed by atoms with van der Waals surface area (Å²) in [6, 6.07) is 19.2. The Bertz CT molecular complexity index is 785. The van der Waals surface area contributed by atoms with Gasteiger partial charge in [0.1, 0.15) is 0 Å². The molecule has 0 spiro atoms. The molecule has 0 saturated carbocycles. The maximum atomic E-state index is 11.6. The van der Waals surface area contributed by atoms with Crippen LogP contribution in [0.2, 0.25) is 0 Å². The number of likely N-dealkylation sites (N-methyl/N-ethyl adjacent to an activating group) is 1. The van der Waals surface area contributed by atoms with Crippen LogP contribution in [-0.4, -0.2) is 50.2 Å². The largest absolute Gasteiger partial charge is 0.439 e. The van der Waals surface area contributed by atoms with Crippen molar-refractivity contribution in [2.45, 2.75) is 19.4 Å². The van der Waals surface area contributed by atoms with Crippen molar-refractivity contribution in [2.24, 2.45) is 5.92 Å². The lowest BCUT2D eigenvalue weighted by molar-refractivity contribution is -0.123. The predicted molar refractivity (Wildman–Crippen MR) is 113 cm³/mol. The number of amides is 2. The Morgan fingerprint density at radius 2 is 1.66 bits per heavy atom. The first-order chi connectivity index (χ1) is 14.1. The van der Waals surface area contributed by atoms with Gasteiger partial charge in [-0.1, -0.05) is 54.6 Å². The summed E-state index contributed by atoms with van der Waals surface area (Å²) in [4.78, 5) is 25.2. The standard InChI is InChI=1S/C23H29N3O3/c1-24-22(27)17-29-23(28)25-15-18-11-13-26(14-12-18)16-19-7-9-21(10-8-19)20-5-3-2-4-6-20/h2-10,18H,11-17H2,1H3,(H,24,27)(H,25,28). The van der Waals surface area contributed by atoms with Crippen molar-refractivity contribution in [2.75, 3.05) is 33.3 Å². The number of nitrogens with one attached hydrogen (secondary N) is 2. The van der Waals surface area contributed by atoms with Gasteiger partial charge >= 0.3 is 6.09 Å². The number of rotatable bonds is 7. The third-order valence-electron chi connectivity index (χ3n) is 5.32. The average molecular weight is 396 g/mol. The summed E-state index contributed by atoms with van der Waals surface area (Å²) >= 11 is 0. The van der Waals surface area contributed by atoms with Gasteiger partial charge in [-0.15, -0.1) is 0 Å². The van der Waals surface area contributed by atoms with E-state index in [0.29, 0.717) is 12.5 Å². The monoisotopic (exact) mass is 395 g/mol. The quantitative estimate of drug-likeness (QED) is 0.756. The van der Waals surface area contributed by atoms with Crippen molar-refractivity contribution in [3.8, 4) is 11.1 Å². The van der Waals surface area contributed by atoms with Gasteiger partial charge in [0.15, 0.2) is 6.61 Å². The summed E-state index contributed by atoms with van der Waals surface area (Å²) in [7, 11) is 1.51. The number of piperidine rings is 1. The molecule has 6 heteroatoms. The lowest BCUT2D eigenvalue weighted by atomic mass is 9.96. The number of likely N-dealkylation sites (tertiary alicyclic amines) is 1. The first kappa shape index (κ1) is 20.9. The zero-order chi connectivity index (χ0) is 20.5. The van der Waals surface area contributed by atoms with E-state index in [9.17, 15) is 9.59 Å².